The monoisotopic (exact) mass is 533 g/mol. The van der Waals surface area contributed by atoms with Crippen LogP contribution in [-0.2, 0) is 13.1 Å². The molecule has 3 heterocycles. The van der Waals surface area contributed by atoms with Gasteiger partial charge in [-0.05, 0) is 42.0 Å². The molecular weight excluding hydrogens is 514 g/mol. The Balaban J connectivity index is 1.57. The van der Waals surface area contributed by atoms with Gasteiger partial charge in [0.15, 0.2) is 5.65 Å². The molecule has 0 aliphatic rings. The molecule has 6 aromatic rings. The molecule has 190 valence electrons. The van der Waals surface area contributed by atoms with Crippen LogP contribution in [0.2, 0.25) is 5.02 Å². The molecule has 0 bridgehead atoms. The van der Waals surface area contributed by atoms with E-state index < -0.39 is 0 Å². The number of fused-ring (bicyclic) bond motifs is 2. The lowest BCUT2D eigenvalue weighted by Crippen LogP contribution is -2.28. The van der Waals surface area contributed by atoms with Gasteiger partial charge in [-0.25, -0.2) is 19.6 Å². The largest absolute Gasteiger partial charge is 0.508 e. The number of rotatable bonds is 5. The van der Waals surface area contributed by atoms with Crippen LogP contribution in [0.5, 0.6) is 5.75 Å². The molecule has 0 saturated heterocycles. The average Bonchev–Trinajstić information content (AvgIpc) is 3.31. The Bertz CT molecular complexity index is 1990. The number of benzene rings is 3. The van der Waals surface area contributed by atoms with Gasteiger partial charge in [0.1, 0.15) is 36.0 Å². The van der Waals surface area contributed by atoms with E-state index in [9.17, 15) is 9.90 Å². The molecule has 0 aliphatic carbocycles. The van der Waals surface area contributed by atoms with E-state index in [-0.39, 0.29) is 30.2 Å². The van der Waals surface area contributed by atoms with Crippen molar-refractivity contribution in [2.75, 3.05) is 5.73 Å². The molecule has 0 spiro atoms. The second-order valence-electron chi connectivity index (χ2n) is 8.90. The molecule has 39 heavy (non-hydrogen) atoms. The van der Waals surface area contributed by atoms with E-state index in [4.69, 9.17) is 33.8 Å². The third-order valence-electron chi connectivity index (χ3n) is 6.44. The number of anilines is 1. The third kappa shape index (κ3) is 4.33. The highest BCUT2D eigenvalue weighted by Gasteiger charge is 2.20. The van der Waals surface area contributed by atoms with Crippen molar-refractivity contribution < 1.29 is 5.11 Å². The molecule has 10 heteroatoms. The summed E-state index contributed by atoms with van der Waals surface area (Å²) in [4.78, 5) is 27.3. The molecule has 0 amide bonds. The second kappa shape index (κ2) is 9.59. The van der Waals surface area contributed by atoms with Gasteiger partial charge in [-0.15, -0.1) is 6.42 Å². The van der Waals surface area contributed by atoms with Gasteiger partial charge in [-0.2, -0.15) is 5.10 Å². The van der Waals surface area contributed by atoms with Gasteiger partial charge >= 0.3 is 0 Å². The number of nitrogens with zero attached hydrogens (tertiary/aromatic N) is 6. The molecule has 0 atom stereocenters. The summed E-state index contributed by atoms with van der Waals surface area (Å²) in [6.07, 6.45) is 7.07. The number of hydrogen-bond acceptors (Lipinski definition) is 7. The van der Waals surface area contributed by atoms with Crippen molar-refractivity contribution in [2.45, 2.75) is 13.1 Å². The van der Waals surface area contributed by atoms with E-state index in [1.165, 1.54) is 6.33 Å². The first-order valence-electron chi connectivity index (χ1n) is 11.9. The zero-order chi connectivity index (χ0) is 27.1. The number of terminal acetylenes is 1. The number of aromatic hydroxyl groups is 1. The number of hydrogen-bond donors (Lipinski definition) is 2. The minimum absolute atomic E-state index is 0.0861. The van der Waals surface area contributed by atoms with E-state index in [1.54, 1.807) is 57.8 Å². The van der Waals surface area contributed by atoms with Crippen LogP contribution in [-0.4, -0.2) is 34.4 Å². The highest BCUT2D eigenvalue weighted by Crippen LogP contribution is 2.32. The number of aromatic nitrogens is 6. The van der Waals surface area contributed by atoms with Crippen LogP contribution in [0.15, 0.2) is 77.9 Å². The summed E-state index contributed by atoms with van der Waals surface area (Å²) in [6.45, 7) is 0.341. The van der Waals surface area contributed by atoms with Crippen molar-refractivity contribution in [1.82, 2.24) is 29.3 Å². The minimum Gasteiger partial charge on any atom is -0.508 e. The number of phenols is 1. The first kappa shape index (κ1) is 24.2. The predicted octanol–water partition coefficient (Wildman–Crippen LogP) is 4.22. The van der Waals surface area contributed by atoms with Gasteiger partial charge in [0.25, 0.3) is 5.56 Å². The van der Waals surface area contributed by atoms with Crippen LogP contribution in [0.3, 0.4) is 0 Å². The Hall–Kier alpha value is -5.20. The molecule has 6 rings (SSSR count). The summed E-state index contributed by atoms with van der Waals surface area (Å²) < 4.78 is 3.21. The molecule has 3 N–H and O–H groups in total. The Morgan fingerprint density at radius 2 is 1.79 bits per heavy atom. The summed E-state index contributed by atoms with van der Waals surface area (Å²) in [6, 6.07) is 19.2. The second-order valence-corrected chi connectivity index (χ2v) is 9.34. The zero-order valence-corrected chi connectivity index (χ0v) is 21.2. The van der Waals surface area contributed by atoms with Gasteiger partial charge in [-0.1, -0.05) is 47.9 Å². The first-order chi connectivity index (χ1) is 18.9. The molecule has 3 aromatic heterocycles. The van der Waals surface area contributed by atoms with Crippen LogP contribution >= 0.6 is 11.6 Å². The van der Waals surface area contributed by atoms with Crippen LogP contribution in [0.1, 0.15) is 17.0 Å². The summed E-state index contributed by atoms with van der Waals surface area (Å²) in [5.41, 5.74) is 9.40. The topological polar surface area (TPSA) is 125 Å². The van der Waals surface area contributed by atoms with Crippen LogP contribution in [0, 0.1) is 12.3 Å². The predicted molar refractivity (Wildman–Crippen MR) is 150 cm³/mol. The van der Waals surface area contributed by atoms with Crippen LogP contribution in [0.25, 0.3) is 33.2 Å². The van der Waals surface area contributed by atoms with Gasteiger partial charge < -0.3 is 10.8 Å². The maximum absolute atomic E-state index is 13.9. The molecule has 0 aliphatic heterocycles. The summed E-state index contributed by atoms with van der Waals surface area (Å²) >= 11 is 6.08. The fraction of sp³-hybridized carbons (Fsp3) is 0.0690. The Morgan fingerprint density at radius 3 is 2.56 bits per heavy atom. The van der Waals surface area contributed by atoms with E-state index >= 15 is 0 Å². The number of nitrogen functional groups attached to an aromatic ring is 1. The number of halogens is 1. The van der Waals surface area contributed by atoms with E-state index in [1.807, 2.05) is 18.2 Å². The molecular formula is C29H20ClN7O2. The molecule has 0 radical (unpaired) electrons. The van der Waals surface area contributed by atoms with Crippen LogP contribution < -0.4 is 11.3 Å². The summed E-state index contributed by atoms with van der Waals surface area (Å²) in [5, 5.41) is 16.3. The highest BCUT2D eigenvalue weighted by molar-refractivity contribution is 6.30. The minimum atomic E-state index is -0.266. The van der Waals surface area contributed by atoms with Gasteiger partial charge in [0.2, 0.25) is 0 Å². The lowest BCUT2D eigenvalue weighted by Gasteiger charge is -2.15. The van der Waals surface area contributed by atoms with Crippen molar-refractivity contribution in [3.05, 3.63) is 105 Å². The normalized spacial score (nSPS) is 11.2. The molecule has 9 nitrogen and oxygen atoms in total. The van der Waals surface area contributed by atoms with E-state index in [0.717, 1.165) is 5.56 Å². The summed E-state index contributed by atoms with van der Waals surface area (Å²) in [5.74, 6) is 3.37. The number of nitrogens with two attached hydrogens (primary N) is 1. The third-order valence-corrected chi connectivity index (χ3v) is 6.69. The van der Waals surface area contributed by atoms with Crippen LogP contribution in [0.4, 0.5) is 5.82 Å². The SMILES string of the molecule is C#Cc1cccc2nc(Cn3nc(-c4cccc(O)c4)c4c(N)ncnc43)n(Cc3ccc(Cl)cc3)c(=O)c12. The Labute approximate surface area is 227 Å². The van der Waals surface area contributed by atoms with Crippen molar-refractivity contribution in [3.63, 3.8) is 0 Å². The van der Waals surface area contributed by atoms with Crippen molar-refractivity contribution in [2.24, 2.45) is 0 Å². The van der Waals surface area contributed by atoms with Gasteiger partial charge in [0.05, 0.1) is 22.8 Å². The maximum Gasteiger partial charge on any atom is 0.263 e. The van der Waals surface area contributed by atoms with E-state index in [0.29, 0.717) is 49.6 Å². The quantitative estimate of drug-likeness (QED) is 0.318. The highest BCUT2D eigenvalue weighted by atomic mass is 35.5. The lowest BCUT2D eigenvalue weighted by atomic mass is 10.1. The maximum atomic E-state index is 13.9. The smallest absolute Gasteiger partial charge is 0.263 e. The van der Waals surface area contributed by atoms with Gasteiger partial charge in [-0.3, -0.25) is 9.36 Å². The lowest BCUT2D eigenvalue weighted by molar-refractivity contribution is 0.475. The molecule has 0 saturated carbocycles. The zero-order valence-electron chi connectivity index (χ0n) is 20.4. The van der Waals surface area contributed by atoms with Crippen molar-refractivity contribution in [1.29, 1.82) is 0 Å². The summed E-state index contributed by atoms with van der Waals surface area (Å²) in [7, 11) is 0. The number of phenolic OH excluding ortho intramolecular Hbond substituents is 1. The van der Waals surface area contributed by atoms with Crippen molar-refractivity contribution >= 4 is 39.4 Å². The average molecular weight is 534 g/mol. The fourth-order valence-electron chi connectivity index (χ4n) is 4.62. The van der Waals surface area contributed by atoms with Crippen molar-refractivity contribution in [3.8, 4) is 29.4 Å². The molecule has 0 fully saturated rings. The molecule has 3 aromatic carbocycles. The standard InChI is InChI=1S/C29H20ClN7O2/c1-2-18-5-4-8-22-24(18)29(39)36(14-17-9-11-20(30)12-10-17)23(34-22)15-37-28-25(27(31)32-16-33-28)26(35-37)19-6-3-7-21(38)13-19/h1,3-13,16,38H,14-15H2,(H2,31,32,33). The Kier molecular flexibility index (Phi) is 5.94. The van der Waals surface area contributed by atoms with E-state index in [2.05, 4.69) is 15.9 Å². The Morgan fingerprint density at radius 1 is 1.00 bits per heavy atom. The first-order valence-corrected chi connectivity index (χ1v) is 12.3. The van der Waals surface area contributed by atoms with Gasteiger partial charge in [0, 0.05) is 16.1 Å². The molecule has 0 unspecified atom stereocenters. The fourth-order valence-corrected chi connectivity index (χ4v) is 4.74.